The van der Waals surface area contributed by atoms with Gasteiger partial charge < -0.3 is 9.47 Å². The maximum Gasteiger partial charge on any atom is 0.342 e. The molecule has 0 aromatic heterocycles. The molecule has 3 aromatic rings. The topological polar surface area (TPSA) is 116 Å². The van der Waals surface area contributed by atoms with Gasteiger partial charge in [-0.25, -0.2) is 9.69 Å². The number of carbonyl (C=O) groups excluding carboxylic acids is 3. The van der Waals surface area contributed by atoms with Crippen LogP contribution in [0.15, 0.2) is 60.7 Å². The third-order valence-corrected chi connectivity index (χ3v) is 5.34. The van der Waals surface area contributed by atoms with Crippen LogP contribution in [0, 0.1) is 10.1 Å². The molecule has 0 bridgehead atoms. The lowest BCUT2D eigenvalue weighted by molar-refractivity contribution is -0.384. The fourth-order valence-corrected chi connectivity index (χ4v) is 3.64. The highest BCUT2D eigenvalue weighted by Gasteiger charge is 2.38. The Bertz CT molecular complexity index is 1270. The molecule has 9 nitrogen and oxygen atoms in total. The summed E-state index contributed by atoms with van der Waals surface area (Å²) in [5.41, 5.74) is 1.04. The first-order valence-electron chi connectivity index (χ1n) is 9.57. The number of amides is 2. The molecule has 0 fully saturated rings. The van der Waals surface area contributed by atoms with Crippen LogP contribution in [-0.4, -0.2) is 29.8 Å². The molecule has 0 radical (unpaired) electrons. The van der Waals surface area contributed by atoms with Gasteiger partial charge in [0, 0.05) is 18.2 Å². The second-order valence-corrected chi connectivity index (χ2v) is 7.40. The molecule has 1 aliphatic heterocycles. The highest BCUT2D eigenvalue weighted by atomic mass is 35.5. The SMILES string of the molecule is COc1cc(N2C(=O)c3ccccc3C2=O)c(Cl)cc1C(=O)OCc1ccc([N+](=O)[O-])cc1. The lowest BCUT2D eigenvalue weighted by Crippen LogP contribution is -2.29. The third-order valence-electron chi connectivity index (χ3n) is 5.04. The number of benzene rings is 3. The van der Waals surface area contributed by atoms with Gasteiger partial charge in [-0.15, -0.1) is 0 Å². The van der Waals surface area contributed by atoms with E-state index < -0.39 is 22.7 Å². The van der Waals surface area contributed by atoms with E-state index in [0.29, 0.717) is 5.56 Å². The van der Waals surface area contributed by atoms with Crippen LogP contribution in [0.25, 0.3) is 0 Å². The Kier molecular flexibility index (Phi) is 5.80. The van der Waals surface area contributed by atoms with Gasteiger partial charge in [-0.2, -0.15) is 0 Å². The van der Waals surface area contributed by atoms with Crippen molar-refractivity contribution in [2.75, 3.05) is 12.0 Å². The number of rotatable bonds is 6. The normalized spacial score (nSPS) is 12.5. The molecule has 1 heterocycles. The van der Waals surface area contributed by atoms with Crippen LogP contribution >= 0.6 is 11.6 Å². The van der Waals surface area contributed by atoms with Crippen LogP contribution in [0.2, 0.25) is 5.02 Å². The fraction of sp³-hybridized carbons (Fsp3) is 0.0870. The van der Waals surface area contributed by atoms with Crippen molar-refractivity contribution in [1.82, 2.24) is 0 Å². The van der Waals surface area contributed by atoms with Crippen molar-refractivity contribution in [1.29, 1.82) is 0 Å². The van der Waals surface area contributed by atoms with Crippen molar-refractivity contribution in [3.05, 3.63) is 98.1 Å². The van der Waals surface area contributed by atoms with Crippen LogP contribution in [0.5, 0.6) is 5.75 Å². The molecule has 3 aromatic carbocycles. The number of esters is 1. The van der Waals surface area contributed by atoms with Gasteiger partial charge in [0.2, 0.25) is 0 Å². The van der Waals surface area contributed by atoms with E-state index in [-0.39, 0.29) is 45.4 Å². The number of hydrogen-bond donors (Lipinski definition) is 0. The third kappa shape index (κ3) is 4.01. The van der Waals surface area contributed by atoms with Crippen molar-refractivity contribution in [3.8, 4) is 5.75 Å². The van der Waals surface area contributed by atoms with E-state index in [0.717, 1.165) is 4.90 Å². The molecule has 33 heavy (non-hydrogen) atoms. The average molecular weight is 467 g/mol. The molecule has 4 rings (SSSR count). The van der Waals surface area contributed by atoms with Gasteiger partial charge in [0.15, 0.2) is 0 Å². The zero-order chi connectivity index (χ0) is 23.7. The van der Waals surface area contributed by atoms with Crippen LogP contribution in [-0.2, 0) is 11.3 Å². The summed E-state index contributed by atoms with van der Waals surface area (Å²) in [6.07, 6.45) is 0. The van der Waals surface area contributed by atoms with Crippen LogP contribution in [0.1, 0.15) is 36.6 Å². The standard InChI is InChI=1S/C23H15ClN2O7/c1-32-20-11-19(25-21(27)15-4-2-3-5-16(15)22(25)28)18(24)10-17(20)23(29)33-12-13-6-8-14(9-7-13)26(30)31/h2-11H,12H2,1H3. The Hall–Kier alpha value is -4.24. The number of ether oxygens (including phenoxy) is 2. The molecule has 2 amide bonds. The summed E-state index contributed by atoms with van der Waals surface area (Å²) in [5.74, 6) is -1.78. The molecule has 0 aliphatic carbocycles. The van der Waals surface area contributed by atoms with Crippen molar-refractivity contribution in [2.24, 2.45) is 0 Å². The molecule has 0 unspecified atom stereocenters. The molecular weight excluding hydrogens is 452 g/mol. The van der Waals surface area contributed by atoms with Gasteiger partial charge in [-0.3, -0.25) is 19.7 Å². The zero-order valence-corrected chi connectivity index (χ0v) is 17.9. The Labute approximate surface area is 192 Å². The largest absolute Gasteiger partial charge is 0.496 e. The van der Waals surface area contributed by atoms with Crippen molar-refractivity contribution in [3.63, 3.8) is 0 Å². The number of fused-ring (bicyclic) bond motifs is 1. The Morgan fingerprint density at radius 2 is 1.64 bits per heavy atom. The van der Waals surface area contributed by atoms with E-state index in [1.165, 1.54) is 43.5 Å². The molecular formula is C23H15ClN2O7. The molecule has 0 spiro atoms. The molecule has 0 atom stereocenters. The van der Waals surface area contributed by atoms with E-state index in [2.05, 4.69) is 0 Å². The van der Waals surface area contributed by atoms with Gasteiger partial charge in [-0.1, -0.05) is 23.7 Å². The smallest absolute Gasteiger partial charge is 0.342 e. The molecule has 0 saturated carbocycles. The number of nitro groups is 1. The quantitative estimate of drug-likeness (QED) is 0.228. The Morgan fingerprint density at radius 1 is 1.03 bits per heavy atom. The predicted octanol–water partition coefficient (Wildman–Crippen LogP) is 4.41. The molecule has 166 valence electrons. The van der Waals surface area contributed by atoms with E-state index in [9.17, 15) is 24.5 Å². The van der Waals surface area contributed by atoms with E-state index >= 15 is 0 Å². The highest BCUT2D eigenvalue weighted by Crippen LogP contribution is 2.38. The second kappa shape index (κ2) is 8.71. The second-order valence-electron chi connectivity index (χ2n) is 6.99. The minimum Gasteiger partial charge on any atom is -0.496 e. The lowest BCUT2D eigenvalue weighted by atomic mass is 10.1. The van der Waals surface area contributed by atoms with E-state index in [1.54, 1.807) is 24.3 Å². The first kappa shape index (κ1) is 22.0. The Balaban J connectivity index is 1.58. The molecule has 0 saturated heterocycles. The van der Waals surface area contributed by atoms with Crippen molar-refractivity contribution >= 4 is 40.8 Å². The number of halogens is 1. The van der Waals surface area contributed by atoms with Gasteiger partial charge in [-0.05, 0) is 35.9 Å². The Morgan fingerprint density at radius 3 is 2.18 bits per heavy atom. The molecule has 1 aliphatic rings. The van der Waals surface area contributed by atoms with Gasteiger partial charge in [0.05, 0.1) is 33.9 Å². The van der Waals surface area contributed by atoms with E-state index in [1.807, 2.05) is 0 Å². The van der Waals surface area contributed by atoms with Gasteiger partial charge in [0.1, 0.15) is 17.9 Å². The summed E-state index contributed by atoms with van der Waals surface area (Å²) in [4.78, 5) is 49.3. The lowest BCUT2D eigenvalue weighted by Gasteiger charge is -2.18. The number of imide groups is 1. The summed E-state index contributed by atoms with van der Waals surface area (Å²) in [6.45, 7) is -0.141. The van der Waals surface area contributed by atoms with Crippen LogP contribution in [0.4, 0.5) is 11.4 Å². The first-order valence-corrected chi connectivity index (χ1v) is 9.95. The summed E-state index contributed by atoms with van der Waals surface area (Å²) >= 11 is 6.35. The summed E-state index contributed by atoms with van der Waals surface area (Å²) in [6, 6.07) is 14.5. The predicted molar refractivity (Wildman–Crippen MR) is 118 cm³/mol. The molecule has 10 heteroatoms. The minimum absolute atomic E-state index is 0.00947. The molecule has 0 N–H and O–H groups in total. The van der Waals surface area contributed by atoms with Crippen LogP contribution < -0.4 is 9.64 Å². The number of nitro benzene ring substituents is 1. The number of non-ortho nitro benzene ring substituents is 1. The maximum atomic E-state index is 12.8. The van der Waals surface area contributed by atoms with Crippen molar-refractivity contribution in [2.45, 2.75) is 6.61 Å². The number of nitrogens with zero attached hydrogens (tertiary/aromatic N) is 2. The van der Waals surface area contributed by atoms with Gasteiger partial charge >= 0.3 is 5.97 Å². The zero-order valence-electron chi connectivity index (χ0n) is 17.1. The van der Waals surface area contributed by atoms with Crippen molar-refractivity contribution < 1.29 is 28.8 Å². The maximum absolute atomic E-state index is 12.8. The number of methoxy groups -OCH3 is 1. The van der Waals surface area contributed by atoms with Crippen LogP contribution in [0.3, 0.4) is 0 Å². The number of anilines is 1. The highest BCUT2D eigenvalue weighted by molar-refractivity contribution is 6.40. The summed E-state index contributed by atoms with van der Waals surface area (Å²) in [7, 11) is 1.32. The summed E-state index contributed by atoms with van der Waals surface area (Å²) < 4.78 is 10.6. The van der Waals surface area contributed by atoms with Gasteiger partial charge in [0.25, 0.3) is 17.5 Å². The number of hydrogen-bond acceptors (Lipinski definition) is 7. The van der Waals surface area contributed by atoms with E-state index in [4.69, 9.17) is 21.1 Å². The number of carbonyl (C=O) groups is 3. The monoisotopic (exact) mass is 466 g/mol. The first-order chi connectivity index (χ1) is 15.8. The fourth-order valence-electron chi connectivity index (χ4n) is 3.39. The minimum atomic E-state index is -0.763. The average Bonchev–Trinajstić information content (AvgIpc) is 3.07. The summed E-state index contributed by atoms with van der Waals surface area (Å²) in [5, 5.41) is 10.7.